The Bertz CT molecular complexity index is 420. The van der Waals surface area contributed by atoms with Gasteiger partial charge in [0.25, 0.3) is 5.91 Å². The van der Waals surface area contributed by atoms with E-state index in [0.29, 0.717) is 31.8 Å². The van der Waals surface area contributed by atoms with E-state index < -0.39 is 0 Å². The van der Waals surface area contributed by atoms with Gasteiger partial charge in [0.15, 0.2) is 6.61 Å². The average molecular weight is 248 g/mol. The molecule has 0 saturated carbocycles. The van der Waals surface area contributed by atoms with Crippen molar-refractivity contribution < 1.29 is 14.3 Å². The summed E-state index contributed by atoms with van der Waals surface area (Å²) in [5.41, 5.74) is 0. The van der Waals surface area contributed by atoms with E-state index in [9.17, 15) is 9.59 Å². The van der Waals surface area contributed by atoms with Gasteiger partial charge in [-0.1, -0.05) is 18.2 Å². The van der Waals surface area contributed by atoms with Crippen molar-refractivity contribution in [1.29, 1.82) is 0 Å². The zero-order valence-electron chi connectivity index (χ0n) is 10.1. The summed E-state index contributed by atoms with van der Waals surface area (Å²) in [5, 5.41) is 2.73. The molecule has 1 aliphatic heterocycles. The highest BCUT2D eigenvalue weighted by Gasteiger charge is 2.18. The van der Waals surface area contributed by atoms with Crippen LogP contribution in [0.3, 0.4) is 0 Å². The van der Waals surface area contributed by atoms with E-state index in [1.165, 1.54) is 0 Å². The molecule has 1 aromatic carbocycles. The Morgan fingerprint density at radius 2 is 2.06 bits per heavy atom. The molecule has 1 N–H and O–H groups in total. The average Bonchev–Trinajstić information content (AvgIpc) is 2.62. The first-order valence-electron chi connectivity index (χ1n) is 5.98. The van der Waals surface area contributed by atoms with Crippen LogP contribution < -0.4 is 10.1 Å². The zero-order valence-corrected chi connectivity index (χ0v) is 10.1. The third-order valence-electron chi connectivity index (χ3n) is 2.77. The van der Waals surface area contributed by atoms with Crippen LogP contribution in [0.5, 0.6) is 5.75 Å². The summed E-state index contributed by atoms with van der Waals surface area (Å²) < 4.78 is 5.39. The number of rotatable bonds is 3. The molecule has 2 amide bonds. The number of nitrogens with one attached hydrogen (secondary N) is 1. The van der Waals surface area contributed by atoms with Crippen molar-refractivity contribution in [2.45, 2.75) is 6.42 Å². The van der Waals surface area contributed by atoms with Crippen LogP contribution in [-0.2, 0) is 9.59 Å². The van der Waals surface area contributed by atoms with Crippen molar-refractivity contribution in [2.24, 2.45) is 0 Å². The smallest absolute Gasteiger partial charge is 0.260 e. The van der Waals surface area contributed by atoms with Crippen molar-refractivity contribution in [1.82, 2.24) is 10.2 Å². The van der Waals surface area contributed by atoms with Crippen molar-refractivity contribution >= 4 is 11.8 Å². The van der Waals surface area contributed by atoms with Gasteiger partial charge < -0.3 is 15.0 Å². The van der Waals surface area contributed by atoms with E-state index in [0.717, 1.165) is 0 Å². The van der Waals surface area contributed by atoms with Crippen LogP contribution in [0.2, 0.25) is 0 Å². The maximum absolute atomic E-state index is 11.9. The van der Waals surface area contributed by atoms with E-state index in [-0.39, 0.29) is 18.4 Å². The molecule has 0 unspecified atom stereocenters. The highest BCUT2D eigenvalue weighted by Crippen LogP contribution is 2.08. The van der Waals surface area contributed by atoms with Crippen LogP contribution in [0.4, 0.5) is 0 Å². The molecular formula is C13H16N2O3. The molecule has 18 heavy (non-hydrogen) atoms. The summed E-state index contributed by atoms with van der Waals surface area (Å²) in [7, 11) is 0. The molecule has 1 heterocycles. The molecule has 1 fully saturated rings. The monoisotopic (exact) mass is 248 g/mol. The van der Waals surface area contributed by atoms with Gasteiger partial charge in [0.05, 0.1) is 0 Å². The Balaban J connectivity index is 1.82. The second-order valence-electron chi connectivity index (χ2n) is 4.08. The number of hydrogen-bond donors (Lipinski definition) is 1. The standard InChI is InChI=1S/C13H16N2O3/c16-12-6-8-15(9-7-14-12)13(17)10-18-11-4-2-1-3-5-11/h1-5H,6-10H2,(H,14,16). The number of benzene rings is 1. The van der Waals surface area contributed by atoms with Crippen molar-refractivity contribution in [3.8, 4) is 5.75 Å². The predicted molar refractivity (Wildman–Crippen MR) is 66.1 cm³/mol. The lowest BCUT2D eigenvalue weighted by molar-refractivity contribution is -0.133. The van der Waals surface area contributed by atoms with Crippen LogP contribution in [0.25, 0.3) is 0 Å². The van der Waals surface area contributed by atoms with E-state index in [2.05, 4.69) is 5.32 Å². The van der Waals surface area contributed by atoms with Gasteiger partial charge in [0, 0.05) is 26.1 Å². The van der Waals surface area contributed by atoms with Gasteiger partial charge >= 0.3 is 0 Å². The van der Waals surface area contributed by atoms with E-state index >= 15 is 0 Å². The van der Waals surface area contributed by atoms with Gasteiger partial charge in [-0.3, -0.25) is 9.59 Å². The maximum atomic E-state index is 11.9. The van der Waals surface area contributed by atoms with Crippen LogP contribution in [-0.4, -0.2) is 43.0 Å². The van der Waals surface area contributed by atoms with Crippen molar-refractivity contribution in [3.63, 3.8) is 0 Å². The second kappa shape index (κ2) is 6.05. The van der Waals surface area contributed by atoms with Gasteiger partial charge in [-0.15, -0.1) is 0 Å². The third kappa shape index (κ3) is 3.48. The molecular weight excluding hydrogens is 232 g/mol. The van der Waals surface area contributed by atoms with Gasteiger partial charge in [-0.25, -0.2) is 0 Å². The van der Waals surface area contributed by atoms with Gasteiger partial charge in [-0.2, -0.15) is 0 Å². The first-order valence-corrected chi connectivity index (χ1v) is 5.98. The molecule has 0 radical (unpaired) electrons. The molecule has 0 spiro atoms. The Kier molecular flexibility index (Phi) is 4.17. The molecule has 2 rings (SSSR count). The molecule has 1 saturated heterocycles. The van der Waals surface area contributed by atoms with Crippen molar-refractivity contribution in [2.75, 3.05) is 26.2 Å². The summed E-state index contributed by atoms with van der Waals surface area (Å²) in [5.74, 6) is 0.583. The largest absolute Gasteiger partial charge is 0.484 e. The first-order chi connectivity index (χ1) is 8.75. The highest BCUT2D eigenvalue weighted by atomic mass is 16.5. The molecule has 0 aliphatic carbocycles. The lowest BCUT2D eigenvalue weighted by Gasteiger charge is -2.19. The number of hydrogen-bond acceptors (Lipinski definition) is 3. The van der Waals surface area contributed by atoms with Crippen LogP contribution in [0, 0.1) is 0 Å². The van der Waals surface area contributed by atoms with E-state index in [4.69, 9.17) is 4.74 Å². The zero-order chi connectivity index (χ0) is 12.8. The number of para-hydroxylation sites is 1. The predicted octanol–water partition coefficient (Wildman–Crippen LogP) is 0.414. The SMILES string of the molecule is O=C1CCN(C(=O)COc2ccccc2)CCN1. The van der Waals surface area contributed by atoms with Crippen LogP contribution in [0.15, 0.2) is 30.3 Å². The maximum Gasteiger partial charge on any atom is 0.260 e. The normalized spacial score (nSPS) is 15.8. The molecule has 5 heteroatoms. The fourth-order valence-corrected chi connectivity index (χ4v) is 1.77. The fraction of sp³-hybridized carbons (Fsp3) is 0.385. The summed E-state index contributed by atoms with van der Waals surface area (Å²) in [6.07, 6.45) is 0.358. The Labute approximate surface area is 106 Å². The van der Waals surface area contributed by atoms with Gasteiger partial charge in [0.1, 0.15) is 5.75 Å². The lowest BCUT2D eigenvalue weighted by Crippen LogP contribution is -2.37. The minimum absolute atomic E-state index is 0.00530. The van der Waals surface area contributed by atoms with Gasteiger partial charge in [0.2, 0.25) is 5.91 Å². The first kappa shape index (κ1) is 12.4. The molecule has 1 aliphatic rings. The minimum atomic E-state index is -0.0876. The Morgan fingerprint density at radius 3 is 2.83 bits per heavy atom. The number of nitrogens with zero attached hydrogens (tertiary/aromatic N) is 1. The second-order valence-corrected chi connectivity index (χ2v) is 4.08. The lowest BCUT2D eigenvalue weighted by atomic mass is 10.3. The quantitative estimate of drug-likeness (QED) is 0.843. The topological polar surface area (TPSA) is 58.6 Å². The number of ether oxygens (including phenoxy) is 1. The number of amides is 2. The molecule has 0 atom stereocenters. The molecule has 96 valence electrons. The summed E-state index contributed by atoms with van der Waals surface area (Å²) in [4.78, 5) is 24.7. The molecule has 0 bridgehead atoms. The number of carbonyl (C=O) groups is 2. The Morgan fingerprint density at radius 1 is 1.28 bits per heavy atom. The molecule has 1 aromatic rings. The van der Waals surface area contributed by atoms with Crippen molar-refractivity contribution in [3.05, 3.63) is 30.3 Å². The highest BCUT2D eigenvalue weighted by molar-refractivity contribution is 5.80. The summed E-state index contributed by atoms with van der Waals surface area (Å²) in [6, 6.07) is 9.21. The van der Waals surface area contributed by atoms with Crippen LogP contribution in [0.1, 0.15) is 6.42 Å². The minimum Gasteiger partial charge on any atom is -0.484 e. The molecule has 0 aromatic heterocycles. The number of carbonyl (C=O) groups excluding carboxylic acids is 2. The fourth-order valence-electron chi connectivity index (χ4n) is 1.77. The van der Waals surface area contributed by atoms with Crippen LogP contribution >= 0.6 is 0 Å². The third-order valence-corrected chi connectivity index (χ3v) is 2.77. The van der Waals surface area contributed by atoms with Gasteiger partial charge in [-0.05, 0) is 12.1 Å². The van der Waals surface area contributed by atoms with E-state index in [1.54, 1.807) is 17.0 Å². The summed E-state index contributed by atoms with van der Waals surface area (Å²) in [6.45, 7) is 1.53. The molecule has 5 nitrogen and oxygen atoms in total. The summed E-state index contributed by atoms with van der Waals surface area (Å²) >= 11 is 0. The van der Waals surface area contributed by atoms with E-state index in [1.807, 2.05) is 18.2 Å². The Hall–Kier alpha value is -2.04.